The normalized spacial score (nSPS) is 18.2. The van der Waals surface area contributed by atoms with Crippen LogP contribution in [0.1, 0.15) is 53.5 Å². The SMILES string of the molecule is COc1ccccc1CC(=O)N1CC[C@H](c2nc(C)c(CC(=O)NC3CC3)c(C)n2)C1. The summed E-state index contributed by atoms with van der Waals surface area (Å²) in [6, 6.07) is 7.98. The van der Waals surface area contributed by atoms with Gasteiger partial charge in [0.05, 0.1) is 20.0 Å². The van der Waals surface area contributed by atoms with Gasteiger partial charge in [-0.1, -0.05) is 18.2 Å². The number of benzene rings is 1. The number of likely N-dealkylation sites (tertiary alicyclic amines) is 1. The molecule has 2 amide bonds. The van der Waals surface area contributed by atoms with Crippen LogP contribution in [0.15, 0.2) is 24.3 Å². The highest BCUT2D eigenvalue weighted by Crippen LogP contribution is 2.28. The molecule has 1 aliphatic heterocycles. The lowest BCUT2D eigenvalue weighted by Gasteiger charge is -2.18. The number of aryl methyl sites for hydroxylation is 2. The maximum atomic E-state index is 12.8. The quantitative estimate of drug-likeness (QED) is 0.741. The highest BCUT2D eigenvalue weighted by Gasteiger charge is 2.30. The molecule has 1 aliphatic carbocycles. The third kappa shape index (κ3) is 5.03. The number of hydrogen-bond acceptors (Lipinski definition) is 5. The zero-order valence-electron chi connectivity index (χ0n) is 18.5. The summed E-state index contributed by atoms with van der Waals surface area (Å²) in [5, 5.41) is 3.03. The number of nitrogens with one attached hydrogen (secondary N) is 1. The van der Waals surface area contributed by atoms with E-state index in [1.807, 2.05) is 43.0 Å². The van der Waals surface area contributed by atoms with Gasteiger partial charge in [-0.05, 0) is 39.2 Å². The molecule has 31 heavy (non-hydrogen) atoms. The Balaban J connectivity index is 1.40. The van der Waals surface area contributed by atoms with Crippen LogP contribution in [0.25, 0.3) is 0 Å². The number of methoxy groups -OCH3 is 1. The van der Waals surface area contributed by atoms with Crippen molar-refractivity contribution in [3.8, 4) is 5.75 Å². The second-order valence-corrected chi connectivity index (χ2v) is 8.56. The molecule has 1 aromatic heterocycles. The van der Waals surface area contributed by atoms with Gasteiger partial charge in [-0.25, -0.2) is 9.97 Å². The van der Waals surface area contributed by atoms with Crippen molar-refractivity contribution in [3.63, 3.8) is 0 Å². The maximum Gasteiger partial charge on any atom is 0.227 e. The molecule has 0 bridgehead atoms. The Morgan fingerprint density at radius 1 is 1.10 bits per heavy atom. The predicted molar refractivity (Wildman–Crippen MR) is 117 cm³/mol. The van der Waals surface area contributed by atoms with Gasteiger partial charge in [0, 0.05) is 47.6 Å². The number of hydrogen-bond donors (Lipinski definition) is 1. The van der Waals surface area contributed by atoms with Crippen molar-refractivity contribution in [2.45, 2.75) is 57.9 Å². The smallest absolute Gasteiger partial charge is 0.227 e. The second-order valence-electron chi connectivity index (χ2n) is 8.56. The summed E-state index contributed by atoms with van der Waals surface area (Å²) in [7, 11) is 1.62. The molecule has 2 heterocycles. The molecule has 2 aromatic rings. The molecule has 1 aromatic carbocycles. The lowest BCUT2D eigenvalue weighted by Crippen LogP contribution is -2.30. The maximum absolute atomic E-state index is 12.8. The first-order valence-corrected chi connectivity index (χ1v) is 11.0. The molecule has 0 unspecified atom stereocenters. The Morgan fingerprint density at radius 2 is 1.81 bits per heavy atom. The molecule has 0 radical (unpaired) electrons. The lowest BCUT2D eigenvalue weighted by molar-refractivity contribution is -0.129. The van der Waals surface area contributed by atoms with Crippen LogP contribution in [0.4, 0.5) is 0 Å². The highest BCUT2D eigenvalue weighted by atomic mass is 16.5. The second kappa shape index (κ2) is 9.04. The lowest BCUT2D eigenvalue weighted by atomic mass is 10.0. The molecule has 1 atom stereocenters. The first-order chi connectivity index (χ1) is 14.9. The summed E-state index contributed by atoms with van der Waals surface area (Å²) >= 11 is 0. The molecule has 164 valence electrons. The van der Waals surface area contributed by atoms with E-state index in [1.54, 1.807) is 7.11 Å². The van der Waals surface area contributed by atoms with Crippen molar-refractivity contribution in [3.05, 3.63) is 52.6 Å². The Bertz CT molecular complexity index is 964. The third-order valence-electron chi connectivity index (χ3n) is 6.16. The zero-order valence-corrected chi connectivity index (χ0v) is 18.5. The molecular weight excluding hydrogens is 392 g/mol. The molecule has 0 spiro atoms. The van der Waals surface area contributed by atoms with E-state index in [4.69, 9.17) is 14.7 Å². The zero-order chi connectivity index (χ0) is 22.0. The number of aromatic nitrogens is 2. The number of ether oxygens (including phenoxy) is 1. The van der Waals surface area contributed by atoms with Gasteiger partial charge in [-0.2, -0.15) is 0 Å². The van der Waals surface area contributed by atoms with E-state index in [2.05, 4.69) is 5.32 Å². The van der Waals surface area contributed by atoms with Crippen molar-refractivity contribution < 1.29 is 14.3 Å². The van der Waals surface area contributed by atoms with E-state index < -0.39 is 0 Å². The van der Waals surface area contributed by atoms with Crippen molar-refractivity contribution in [2.24, 2.45) is 0 Å². The summed E-state index contributed by atoms with van der Waals surface area (Å²) < 4.78 is 5.37. The number of nitrogens with zero attached hydrogens (tertiary/aromatic N) is 3. The summed E-state index contributed by atoms with van der Waals surface area (Å²) in [4.78, 5) is 36.4. The van der Waals surface area contributed by atoms with Gasteiger partial charge >= 0.3 is 0 Å². The monoisotopic (exact) mass is 422 g/mol. The van der Waals surface area contributed by atoms with Crippen LogP contribution in [0, 0.1) is 13.8 Å². The van der Waals surface area contributed by atoms with Gasteiger partial charge < -0.3 is 15.0 Å². The molecule has 4 rings (SSSR count). The fourth-order valence-corrected chi connectivity index (χ4v) is 4.19. The predicted octanol–water partition coefficient (Wildman–Crippen LogP) is 2.48. The Kier molecular flexibility index (Phi) is 6.20. The van der Waals surface area contributed by atoms with Crippen molar-refractivity contribution in [2.75, 3.05) is 20.2 Å². The van der Waals surface area contributed by atoms with Gasteiger partial charge in [-0.3, -0.25) is 9.59 Å². The molecular formula is C24H30N4O3. The Hall–Kier alpha value is -2.96. The number of carbonyl (C=O) groups excluding carboxylic acids is 2. The van der Waals surface area contributed by atoms with Crippen LogP contribution in [-0.2, 0) is 22.4 Å². The fourth-order valence-electron chi connectivity index (χ4n) is 4.19. The van der Waals surface area contributed by atoms with Crippen LogP contribution in [0.5, 0.6) is 5.75 Å². The number of para-hydroxylation sites is 1. The topological polar surface area (TPSA) is 84.4 Å². The minimum Gasteiger partial charge on any atom is -0.496 e. The third-order valence-corrected chi connectivity index (χ3v) is 6.16. The number of amides is 2. The van der Waals surface area contributed by atoms with E-state index in [1.165, 1.54) is 0 Å². The standard InChI is InChI=1S/C24H30N4O3/c1-15-20(13-22(29)27-19-8-9-19)16(2)26-24(25-15)18-10-11-28(14-18)23(30)12-17-6-4-5-7-21(17)31-3/h4-7,18-19H,8-14H2,1-3H3,(H,27,29)/t18-/m0/s1. The average Bonchev–Trinajstić information content (AvgIpc) is 3.41. The summed E-state index contributed by atoms with van der Waals surface area (Å²) in [5.74, 6) is 1.76. The minimum atomic E-state index is 0.0408. The fraction of sp³-hybridized carbons (Fsp3) is 0.500. The first-order valence-electron chi connectivity index (χ1n) is 11.0. The van der Waals surface area contributed by atoms with Crippen molar-refractivity contribution in [1.82, 2.24) is 20.2 Å². The van der Waals surface area contributed by atoms with Gasteiger partial charge in [0.2, 0.25) is 11.8 Å². The minimum absolute atomic E-state index is 0.0408. The number of carbonyl (C=O) groups is 2. The molecule has 7 nitrogen and oxygen atoms in total. The molecule has 1 saturated heterocycles. The Morgan fingerprint density at radius 3 is 2.48 bits per heavy atom. The summed E-state index contributed by atoms with van der Waals surface area (Å²) in [6.07, 6.45) is 3.64. The molecule has 7 heteroatoms. The Labute approximate surface area is 183 Å². The van der Waals surface area contributed by atoms with Crippen LogP contribution >= 0.6 is 0 Å². The van der Waals surface area contributed by atoms with E-state index in [0.29, 0.717) is 32.0 Å². The molecule has 1 saturated carbocycles. The van der Waals surface area contributed by atoms with Gasteiger partial charge in [-0.15, -0.1) is 0 Å². The summed E-state index contributed by atoms with van der Waals surface area (Å²) in [6.45, 7) is 5.20. The van der Waals surface area contributed by atoms with Gasteiger partial charge in [0.25, 0.3) is 0 Å². The molecule has 2 fully saturated rings. The van der Waals surface area contributed by atoms with Crippen LogP contribution < -0.4 is 10.1 Å². The first kappa shape index (κ1) is 21.3. The van der Waals surface area contributed by atoms with E-state index in [-0.39, 0.29) is 17.7 Å². The van der Waals surface area contributed by atoms with Crippen LogP contribution in [0.3, 0.4) is 0 Å². The van der Waals surface area contributed by atoms with Gasteiger partial charge in [0.15, 0.2) is 0 Å². The van der Waals surface area contributed by atoms with E-state index >= 15 is 0 Å². The van der Waals surface area contributed by atoms with Crippen molar-refractivity contribution >= 4 is 11.8 Å². The van der Waals surface area contributed by atoms with Crippen molar-refractivity contribution in [1.29, 1.82) is 0 Å². The van der Waals surface area contributed by atoms with E-state index in [0.717, 1.165) is 53.4 Å². The molecule has 1 N–H and O–H groups in total. The average molecular weight is 423 g/mol. The number of rotatable bonds is 7. The summed E-state index contributed by atoms with van der Waals surface area (Å²) in [5.41, 5.74) is 3.51. The van der Waals surface area contributed by atoms with Crippen LogP contribution in [-0.4, -0.2) is 52.9 Å². The van der Waals surface area contributed by atoms with Crippen LogP contribution in [0.2, 0.25) is 0 Å². The largest absolute Gasteiger partial charge is 0.496 e. The highest BCUT2D eigenvalue weighted by molar-refractivity contribution is 5.80. The molecule has 2 aliphatic rings. The van der Waals surface area contributed by atoms with Gasteiger partial charge in [0.1, 0.15) is 11.6 Å². The van der Waals surface area contributed by atoms with E-state index in [9.17, 15) is 9.59 Å².